The lowest BCUT2D eigenvalue weighted by atomic mass is 10.3. The molecule has 0 aromatic carbocycles. The largest absolute Gasteiger partial charge is 0.384 e. The number of aryl methyl sites for hydroxylation is 1. The van der Waals surface area contributed by atoms with Crippen LogP contribution in [0.1, 0.15) is 46.0 Å². The molecule has 0 radical (unpaired) electrons. The molecule has 0 saturated carbocycles. The molecule has 0 saturated heterocycles. The van der Waals surface area contributed by atoms with Gasteiger partial charge in [-0.1, -0.05) is 26.7 Å². The third kappa shape index (κ3) is 9.95. The van der Waals surface area contributed by atoms with Gasteiger partial charge in [-0.3, -0.25) is 4.68 Å². The van der Waals surface area contributed by atoms with Crippen molar-refractivity contribution >= 4 is 12.0 Å². The summed E-state index contributed by atoms with van der Waals surface area (Å²) in [6.45, 7) is 5.84. The summed E-state index contributed by atoms with van der Waals surface area (Å²) in [4.78, 5) is 0. The maximum Gasteiger partial charge on any atom is 0.121 e. The van der Waals surface area contributed by atoms with E-state index in [9.17, 15) is 0 Å². The van der Waals surface area contributed by atoms with Crippen LogP contribution in [-0.2, 0) is 6.54 Å². The molecular weight excluding hydrogens is 252 g/mol. The molecule has 6 nitrogen and oxygen atoms in total. The van der Waals surface area contributed by atoms with Crippen molar-refractivity contribution in [2.24, 2.45) is 5.10 Å². The van der Waals surface area contributed by atoms with Crippen molar-refractivity contribution in [3.8, 4) is 6.07 Å². The average molecular weight is 278 g/mol. The van der Waals surface area contributed by atoms with Gasteiger partial charge in [0.15, 0.2) is 0 Å². The SMILES string of the molecule is CCC/C=N/NCCC#N.CCCCn1nccc1N. The monoisotopic (exact) mass is 278 g/mol. The number of rotatable bonds is 8. The molecule has 0 unspecified atom stereocenters. The minimum atomic E-state index is 0.517. The van der Waals surface area contributed by atoms with Crippen LogP contribution < -0.4 is 11.2 Å². The van der Waals surface area contributed by atoms with Crippen molar-refractivity contribution in [1.29, 1.82) is 5.26 Å². The molecule has 0 bridgehead atoms. The quantitative estimate of drug-likeness (QED) is 0.434. The van der Waals surface area contributed by atoms with Gasteiger partial charge in [-0.25, -0.2) is 0 Å². The number of aromatic nitrogens is 2. The van der Waals surface area contributed by atoms with E-state index in [1.807, 2.05) is 23.0 Å². The Labute approximate surface area is 121 Å². The first-order valence-electron chi connectivity index (χ1n) is 7.14. The third-order valence-electron chi connectivity index (χ3n) is 2.42. The summed E-state index contributed by atoms with van der Waals surface area (Å²) < 4.78 is 1.82. The number of hydrogen-bond acceptors (Lipinski definition) is 5. The zero-order valence-corrected chi connectivity index (χ0v) is 12.5. The number of nitriles is 1. The van der Waals surface area contributed by atoms with Gasteiger partial charge in [0.05, 0.1) is 18.7 Å². The maximum absolute atomic E-state index is 8.13. The van der Waals surface area contributed by atoms with Gasteiger partial charge in [-0.05, 0) is 18.9 Å². The van der Waals surface area contributed by atoms with Crippen LogP contribution in [0.5, 0.6) is 0 Å². The molecule has 0 fully saturated rings. The molecule has 1 aromatic rings. The van der Waals surface area contributed by atoms with E-state index in [0.29, 0.717) is 13.0 Å². The number of nitrogens with two attached hydrogens (primary N) is 1. The minimum Gasteiger partial charge on any atom is -0.384 e. The summed E-state index contributed by atoms with van der Waals surface area (Å²) in [5.74, 6) is 0.758. The highest BCUT2D eigenvalue weighted by Crippen LogP contribution is 2.01. The normalized spacial score (nSPS) is 9.85. The highest BCUT2D eigenvalue weighted by Gasteiger charge is 1.94. The fourth-order valence-electron chi connectivity index (χ4n) is 1.27. The van der Waals surface area contributed by atoms with Crippen molar-refractivity contribution in [3.63, 3.8) is 0 Å². The fourth-order valence-corrected chi connectivity index (χ4v) is 1.27. The molecular formula is C14H26N6. The Morgan fingerprint density at radius 1 is 1.50 bits per heavy atom. The molecule has 0 amide bonds. The van der Waals surface area contributed by atoms with Crippen molar-refractivity contribution in [2.45, 2.75) is 52.5 Å². The second-order valence-electron chi connectivity index (χ2n) is 4.25. The predicted octanol–water partition coefficient (Wildman–Crippen LogP) is 2.54. The number of nitrogens with zero attached hydrogens (tertiary/aromatic N) is 4. The van der Waals surface area contributed by atoms with Gasteiger partial charge in [0.1, 0.15) is 5.82 Å². The summed E-state index contributed by atoms with van der Waals surface area (Å²) >= 11 is 0. The highest BCUT2D eigenvalue weighted by molar-refractivity contribution is 5.56. The van der Waals surface area contributed by atoms with Crippen molar-refractivity contribution < 1.29 is 0 Å². The predicted molar refractivity (Wildman–Crippen MR) is 83.2 cm³/mol. The second-order valence-corrected chi connectivity index (χ2v) is 4.25. The third-order valence-corrected chi connectivity index (χ3v) is 2.42. The van der Waals surface area contributed by atoms with E-state index in [1.165, 1.54) is 6.42 Å². The van der Waals surface area contributed by atoms with Gasteiger partial charge in [0, 0.05) is 19.3 Å². The lowest BCUT2D eigenvalue weighted by Gasteiger charge is -2.00. The topological polar surface area (TPSA) is 92.0 Å². The van der Waals surface area contributed by atoms with Gasteiger partial charge < -0.3 is 11.2 Å². The van der Waals surface area contributed by atoms with Crippen LogP contribution in [0.2, 0.25) is 0 Å². The van der Waals surface area contributed by atoms with Crippen LogP contribution in [0, 0.1) is 11.3 Å². The van der Waals surface area contributed by atoms with Crippen molar-refractivity contribution in [2.75, 3.05) is 12.3 Å². The molecule has 0 aliphatic rings. The number of hydrazone groups is 1. The average Bonchev–Trinajstić information content (AvgIpc) is 2.87. The Balaban J connectivity index is 0.000000361. The molecule has 0 aliphatic heterocycles. The zero-order valence-electron chi connectivity index (χ0n) is 12.5. The molecule has 1 rings (SSSR count). The minimum absolute atomic E-state index is 0.517. The van der Waals surface area contributed by atoms with Gasteiger partial charge in [0.25, 0.3) is 0 Å². The molecule has 0 spiro atoms. The Bertz CT molecular complexity index is 391. The van der Waals surface area contributed by atoms with Crippen molar-refractivity contribution in [3.05, 3.63) is 12.3 Å². The summed E-state index contributed by atoms with van der Waals surface area (Å²) in [7, 11) is 0. The summed E-state index contributed by atoms with van der Waals surface area (Å²) in [6, 6.07) is 3.84. The second kappa shape index (κ2) is 13.4. The van der Waals surface area contributed by atoms with E-state index in [2.05, 4.69) is 29.5 Å². The van der Waals surface area contributed by atoms with Gasteiger partial charge in [-0.2, -0.15) is 15.5 Å². The zero-order chi connectivity index (χ0) is 15.1. The maximum atomic E-state index is 8.13. The van der Waals surface area contributed by atoms with Gasteiger partial charge >= 0.3 is 0 Å². The number of nitrogen functional groups attached to an aromatic ring is 1. The van der Waals surface area contributed by atoms with Crippen LogP contribution >= 0.6 is 0 Å². The lowest BCUT2D eigenvalue weighted by molar-refractivity contribution is 0.579. The molecule has 3 N–H and O–H groups in total. The fraction of sp³-hybridized carbons (Fsp3) is 0.643. The van der Waals surface area contributed by atoms with Crippen LogP contribution in [0.15, 0.2) is 17.4 Å². The first kappa shape index (κ1) is 18.0. The van der Waals surface area contributed by atoms with Crippen LogP contribution in [0.3, 0.4) is 0 Å². The van der Waals surface area contributed by atoms with E-state index in [4.69, 9.17) is 11.0 Å². The molecule has 6 heteroatoms. The molecule has 0 atom stereocenters. The first-order valence-corrected chi connectivity index (χ1v) is 7.14. The van der Waals surface area contributed by atoms with Gasteiger partial charge in [0.2, 0.25) is 0 Å². The van der Waals surface area contributed by atoms with E-state index in [1.54, 1.807) is 6.20 Å². The molecule has 1 heterocycles. The Morgan fingerprint density at radius 2 is 2.30 bits per heavy atom. The van der Waals surface area contributed by atoms with Gasteiger partial charge in [-0.15, -0.1) is 0 Å². The number of anilines is 1. The highest BCUT2D eigenvalue weighted by atomic mass is 15.3. The Kier molecular flexibility index (Phi) is 12.0. The summed E-state index contributed by atoms with van der Waals surface area (Å²) in [6.07, 6.45) is 8.51. The van der Waals surface area contributed by atoms with E-state index < -0.39 is 0 Å². The molecule has 1 aromatic heterocycles. The number of hydrogen-bond donors (Lipinski definition) is 2. The summed E-state index contributed by atoms with van der Waals surface area (Å²) in [5, 5.41) is 16.0. The number of unbranched alkanes of at least 4 members (excludes halogenated alkanes) is 2. The van der Waals surface area contributed by atoms with Crippen LogP contribution in [0.4, 0.5) is 5.82 Å². The molecule has 20 heavy (non-hydrogen) atoms. The van der Waals surface area contributed by atoms with Crippen molar-refractivity contribution in [1.82, 2.24) is 15.2 Å². The Morgan fingerprint density at radius 3 is 2.85 bits per heavy atom. The number of nitrogens with one attached hydrogen (secondary N) is 1. The molecule has 0 aliphatic carbocycles. The van der Waals surface area contributed by atoms with E-state index >= 15 is 0 Å². The van der Waals surface area contributed by atoms with E-state index in [0.717, 1.165) is 31.6 Å². The van der Waals surface area contributed by atoms with Crippen LogP contribution in [0.25, 0.3) is 0 Å². The lowest BCUT2D eigenvalue weighted by Crippen LogP contribution is -2.06. The smallest absolute Gasteiger partial charge is 0.121 e. The molecule has 112 valence electrons. The standard InChI is InChI=1S/2C7H13N3/c1-2-3-6-10-7(8)4-5-9-10;1-2-3-6-9-10-7-4-5-8/h4-5H,2-3,6,8H2,1H3;6,10H,2-4,7H2,1H3/b;9-6+. The van der Waals surface area contributed by atoms with E-state index in [-0.39, 0.29) is 0 Å². The Hall–Kier alpha value is -2.03. The van der Waals surface area contributed by atoms with Crippen LogP contribution in [-0.4, -0.2) is 22.5 Å². The first-order chi connectivity index (χ1) is 9.76. The summed E-state index contributed by atoms with van der Waals surface area (Å²) in [5.41, 5.74) is 8.35.